The van der Waals surface area contributed by atoms with E-state index in [9.17, 15) is 9.59 Å². The fourth-order valence-corrected chi connectivity index (χ4v) is 4.24. The topological polar surface area (TPSA) is 67.9 Å². The fourth-order valence-electron chi connectivity index (χ4n) is 4.24. The first-order chi connectivity index (χ1) is 18.5. The molecule has 0 aliphatic heterocycles. The lowest BCUT2D eigenvalue weighted by Gasteiger charge is -2.32. The molecule has 0 unspecified atom stereocenters. The Morgan fingerprint density at radius 1 is 0.842 bits per heavy atom. The maximum absolute atomic E-state index is 13.7. The standard InChI is InChI=1S/C32H40N2O4/c1-25(2)38-22-10-21-33-32(36)30(23-27-13-8-5-9-14-27)34(24-28-15-18-29(37-3)19-16-28)31(35)20-17-26-11-6-4-7-12-26/h4-9,11-16,18-19,25,30H,10,17,20-24H2,1-3H3,(H,33,36)/t30-/m1/s1. The maximum atomic E-state index is 13.7. The zero-order valence-corrected chi connectivity index (χ0v) is 22.8. The summed E-state index contributed by atoms with van der Waals surface area (Å²) in [6.45, 7) is 5.39. The summed E-state index contributed by atoms with van der Waals surface area (Å²) in [6, 6.07) is 26.8. The van der Waals surface area contributed by atoms with Gasteiger partial charge in [-0.2, -0.15) is 0 Å². The SMILES string of the molecule is COc1ccc(CN(C(=O)CCc2ccccc2)[C@H](Cc2ccccc2)C(=O)NCCCOC(C)C)cc1. The molecule has 0 saturated heterocycles. The van der Waals surface area contributed by atoms with Crippen molar-refractivity contribution in [2.24, 2.45) is 0 Å². The first-order valence-electron chi connectivity index (χ1n) is 13.4. The van der Waals surface area contributed by atoms with Crippen LogP contribution in [0.15, 0.2) is 84.9 Å². The molecular formula is C32H40N2O4. The minimum absolute atomic E-state index is 0.0520. The largest absolute Gasteiger partial charge is 0.497 e. The van der Waals surface area contributed by atoms with Crippen LogP contribution in [0.5, 0.6) is 5.75 Å². The summed E-state index contributed by atoms with van der Waals surface area (Å²) in [4.78, 5) is 29.1. The van der Waals surface area contributed by atoms with Crippen LogP contribution in [0, 0.1) is 0 Å². The Labute approximate surface area is 227 Å². The van der Waals surface area contributed by atoms with E-state index >= 15 is 0 Å². The van der Waals surface area contributed by atoms with Crippen molar-refractivity contribution in [2.45, 2.75) is 58.2 Å². The van der Waals surface area contributed by atoms with Gasteiger partial charge in [0.2, 0.25) is 11.8 Å². The molecule has 6 heteroatoms. The van der Waals surface area contributed by atoms with Crippen LogP contribution in [0.1, 0.15) is 43.4 Å². The smallest absolute Gasteiger partial charge is 0.243 e. The van der Waals surface area contributed by atoms with Gasteiger partial charge in [-0.1, -0.05) is 72.8 Å². The van der Waals surface area contributed by atoms with E-state index < -0.39 is 6.04 Å². The molecule has 202 valence electrons. The number of benzene rings is 3. The maximum Gasteiger partial charge on any atom is 0.243 e. The van der Waals surface area contributed by atoms with Crippen molar-refractivity contribution in [3.05, 3.63) is 102 Å². The van der Waals surface area contributed by atoms with Crippen LogP contribution in [0.25, 0.3) is 0 Å². The molecule has 0 heterocycles. The van der Waals surface area contributed by atoms with Crippen molar-refractivity contribution in [2.75, 3.05) is 20.3 Å². The van der Waals surface area contributed by atoms with Gasteiger partial charge >= 0.3 is 0 Å². The number of hydrogen-bond donors (Lipinski definition) is 1. The predicted octanol–water partition coefficient (Wildman–Crippen LogP) is 5.20. The molecule has 3 aromatic carbocycles. The van der Waals surface area contributed by atoms with Gasteiger partial charge < -0.3 is 19.7 Å². The third kappa shape index (κ3) is 9.67. The summed E-state index contributed by atoms with van der Waals surface area (Å²) in [5, 5.41) is 3.06. The Bertz CT molecular complexity index is 1100. The summed E-state index contributed by atoms with van der Waals surface area (Å²) >= 11 is 0. The lowest BCUT2D eigenvalue weighted by atomic mass is 10.0. The van der Waals surface area contributed by atoms with Gasteiger partial charge in [-0.25, -0.2) is 0 Å². The Morgan fingerprint density at radius 2 is 1.47 bits per heavy atom. The third-order valence-electron chi connectivity index (χ3n) is 6.32. The highest BCUT2D eigenvalue weighted by Crippen LogP contribution is 2.19. The van der Waals surface area contributed by atoms with Crippen molar-refractivity contribution >= 4 is 11.8 Å². The van der Waals surface area contributed by atoms with Gasteiger partial charge in [0.1, 0.15) is 11.8 Å². The first-order valence-corrected chi connectivity index (χ1v) is 13.4. The van der Waals surface area contributed by atoms with Gasteiger partial charge in [-0.15, -0.1) is 0 Å². The lowest BCUT2D eigenvalue weighted by Crippen LogP contribution is -2.50. The van der Waals surface area contributed by atoms with Gasteiger partial charge in [0.15, 0.2) is 0 Å². The number of methoxy groups -OCH3 is 1. The summed E-state index contributed by atoms with van der Waals surface area (Å²) in [5.74, 6) is 0.543. The second-order valence-electron chi connectivity index (χ2n) is 9.62. The van der Waals surface area contributed by atoms with Gasteiger partial charge in [0.05, 0.1) is 13.2 Å². The van der Waals surface area contributed by atoms with Crippen LogP contribution in [-0.4, -0.2) is 49.1 Å². The highest BCUT2D eigenvalue weighted by Gasteiger charge is 2.30. The summed E-state index contributed by atoms with van der Waals surface area (Å²) < 4.78 is 10.9. The molecule has 0 aliphatic rings. The molecule has 0 aromatic heterocycles. The summed E-state index contributed by atoms with van der Waals surface area (Å²) in [7, 11) is 1.63. The molecule has 6 nitrogen and oxygen atoms in total. The predicted molar refractivity (Wildman–Crippen MR) is 151 cm³/mol. The zero-order valence-electron chi connectivity index (χ0n) is 22.8. The number of amides is 2. The van der Waals surface area contributed by atoms with Crippen LogP contribution in [-0.2, 0) is 33.7 Å². The molecule has 1 atom stereocenters. The Balaban J connectivity index is 1.82. The van der Waals surface area contributed by atoms with Crippen LogP contribution in [0.4, 0.5) is 0 Å². The molecule has 0 bridgehead atoms. The van der Waals surface area contributed by atoms with Crippen molar-refractivity contribution in [3.8, 4) is 5.75 Å². The minimum Gasteiger partial charge on any atom is -0.497 e. The number of hydrogen-bond acceptors (Lipinski definition) is 4. The second kappa shape index (κ2) is 15.6. The second-order valence-corrected chi connectivity index (χ2v) is 9.62. The normalized spacial score (nSPS) is 11.7. The van der Waals surface area contributed by atoms with E-state index in [0.29, 0.717) is 45.4 Å². The van der Waals surface area contributed by atoms with Crippen LogP contribution >= 0.6 is 0 Å². The first kappa shape index (κ1) is 28.9. The molecular weight excluding hydrogens is 476 g/mol. The van der Waals surface area contributed by atoms with E-state index in [1.54, 1.807) is 12.0 Å². The molecule has 3 rings (SSSR count). The average Bonchev–Trinajstić information content (AvgIpc) is 2.94. The van der Waals surface area contributed by atoms with Crippen molar-refractivity contribution in [1.82, 2.24) is 10.2 Å². The highest BCUT2D eigenvalue weighted by atomic mass is 16.5. The highest BCUT2D eigenvalue weighted by molar-refractivity contribution is 5.88. The molecule has 38 heavy (non-hydrogen) atoms. The van der Waals surface area contributed by atoms with Crippen LogP contribution < -0.4 is 10.1 Å². The molecule has 0 fully saturated rings. The molecule has 0 radical (unpaired) electrons. The molecule has 2 amide bonds. The molecule has 0 spiro atoms. The lowest BCUT2D eigenvalue weighted by molar-refractivity contribution is -0.141. The number of aryl methyl sites for hydroxylation is 1. The average molecular weight is 517 g/mol. The molecule has 3 aromatic rings. The minimum atomic E-state index is -0.645. The van der Waals surface area contributed by atoms with Gasteiger partial charge in [-0.05, 0) is 55.5 Å². The number of nitrogens with one attached hydrogen (secondary N) is 1. The van der Waals surface area contributed by atoms with E-state index in [1.807, 2.05) is 98.8 Å². The quantitative estimate of drug-likeness (QED) is 0.282. The number of carbonyl (C=O) groups excluding carboxylic acids is 2. The number of carbonyl (C=O) groups is 2. The van der Waals surface area contributed by atoms with E-state index in [4.69, 9.17) is 9.47 Å². The number of ether oxygens (including phenoxy) is 2. The van der Waals surface area contributed by atoms with E-state index in [1.165, 1.54) is 0 Å². The monoisotopic (exact) mass is 516 g/mol. The fraction of sp³-hybridized carbons (Fsp3) is 0.375. The molecule has 1 N–H and O–H groups in total. The summed E-state index contributed by atoms with van der Waals surface area (Å²) in [5.41, 5.74) is 3.04. The summed E-state index contributed by atoms with van der Waals surface area (Å²) in [6.07, 6.45) is 2.23. The van der Waals surface area contributed by atoms with Gasteiger partial charge in [0.25, 0.3) is 0 Å². The van der Waals surface area contributed by atoms with E-state index in [-0.39, 0.29) is 17.9 Å². The van der Waals surface area contributed by atoms with Crippen LogP contribution in [0.3, 0.4) is 0 Å². The van der Waals surface area contributed by atoms with E-state index in [0.717, 1.165) is 22.4 Å². The molecule has 0 aliphatic carbocycles. The number of nitrogens with zero attached hydrogens (tertiary/aromatic N) is 1. The number of rotatable bonds is 15. The Kier molecular flexibility index (Phi) is 11.9. The van der Waals surface area contributed by atoms with E-state index in [2.05, 4.69) is 5.32 Å². The molecule has 0 saturated carbocycles. The zero-order chi connectivity index (χ0) is 27.2. The van der Waals surface area contributed by atoms with Crippen molar-refractivity contribution in [3.63, 3.8) is 0 Å². The van der Waals surface area contributed by atoms with Gasteiger partial charge in [0, 0.05) is 32.5 Å². The third-order valence-corrected chi connectivity index (χ3v) is 6.32. The van der Waals surface area contributed by atoms with Crippen molar-refractivity contribution < 1.29 is 19.1 Å². The Hall–Kier alpha value is -3.64. The van der Waals surface area contributed by atoms with Gasteiger partial charge in [-0.3, -0.25) is 9.59 Å². The Morgan fingerprint density at radius 3 is 2.08 bits per heavy atom. The van der Waals surface area contributed by atoms with Crippen molar-refractivity contribution in [1.29, 1.82) is 0 Å². The van der Waals surface area contributed by atoms with Crippen LogP contribution in [0.2, 0.25) is 0 Å².